The smallest absolute Gasteiger partial charge is 0.317 e. The molecule has 41 heavy (non-hydrogen) atoms. The molecular weight excluding hydrogens is 674 g/mol. The molecule has 0 unspecified atom stereocenters. The number of anilines is 3. The molecule has 4 N–H and O–H groups in total. The van der Waals surface area contributed by atoms with Crippen LogP contribution in [0.15, 0.2) is 30.3 Å². The van der Waals surface area contributed by atoms with Crippen molar-refractivity contribution in [3.63, 3.8) is 0 Å². The Labute approximate surface area is 252 Å². The second-order valence-corrected chi connectivity index (χ2v) is 13.1. The third-order valence-electron chi connectivity index (χ3n) is 7.17. The van der Waals surface area contributed by atoms with E-state index in [-0.39, 0.29) is 36.5 Å². The van der Waals surface area contributed by atoms with Crippen molar-refractivity contribution < 1.29 is 26.4 Å². The molecule has 2 amide bonds. The number of benzene rings is 2. The fourth-order valence-corrected chi connectivity index (χ4v) is 6.42. The molecule has 2 aliphatic heterocycles. The van der Waals surface area contributed by atoms with Gasteiger partial charge in [-0.1, -0.05) is 0 Å². The summed E-state index contributed by atoms with van der Waals surface area (Å²) in [6.45, 7) is 4.85. The van der Waals surface area contributed by atoms with Crippen molar-refractivity contribution in [1.82, 2.24) is 24.7 Å². The molecule has 226 valence electrons. The molecule has 10 nitrogen and oxygen atoms in total. The first-order chi connectivity index (χ1) is 19.5. The standard InChI is InChI=1S/C26H35F3IN7O3S/c1-35-13-15-36(16-14-35)26(38)32-10-2-9-31-19-7-11-37(12-8-19)41(39,40)34-23-6-4-20(27)24(29)25(23)33-22-5-3-18(30)17-21(22)28/h3-6,17,19,31,33-34H,2,7-16H2,1H3,(H,32,38). The molecular formula is C26H35F3IN7O3S. The predicted octanol–water partition coefficient (Wildman–Crippen LogP) is 3.51. The third kappa shape index (κ3) is 8.59. The Balaban J connectivity index is 1.25. The minimum absolute atomic E-state index is 0.0489. The molecule has 4 rings (SSSR count). The maximum absolute atomic E-state index is 14.7. The molecule has 0 aliphatic carbocycles. The molecule has 2 saturated heterocycles. The van der Waals surface area contributed by atoms with Crippen molar-refractivity contribution in [2.75, 3.05) is 69.4 Å². The number of carbonyl (C=O) groups excluding carboxylic acids is 1. The number of amides is 2. The van der Waals surface area contributed by atoms with Gasteiger partial charge in [0.15, 0.2) is 11.6 Å². The Hall–Kier alpha value is -2.34. The van der Waals surface area contributed by atoms with Crippen molar-refractivity contribution in [2.45, 2.75) is 25.3 Å². The highest BCUT2D eigenvalue weighted by atomic mass is 127. The Morgan fingerprint density at radius 3 is 2.32 bits per heavy atom. The van der Waals surface area contributed by atoms with Crippen LogP contribution in [-0.4, -0.2) is 94.0 Å². The summed E-state index contributed by atoms with van der Waals surface area (Å²) in [7, 11) is -2.06. The molecule has 0 atom stereocenters. The highest BCUT2D eigenvalue weighted by Crippen LogP contribution is 2.33. The fourth-order valence-electron chi connectivity index (χ4n) is 4.70. The van der Waals surface area contributed by atoms with Crippen molar-refractivity contribution in [1.29, 1.82) is 0 Å². The highest BCUT2D eigenvalue weighted by molar-refractivity contribution is 14.1. The zero-order valence-electron chi connectivity index (χ0n) is 22.7. The number of likely N-dealkylation sites (N-methyl/N-ethyl adjacent to an activating group) is 1. The van der Waals surface area contributed by atoms with E-state index in [2.05, 4.69) is 25.6 Å². The van der Waals surface area contributed by atoms with E-state index in [4.69, 9.17) is 0 Å². The lowest BCUT2D eigenvalue weighted by atomic mass is 10.1. The molecule has 0 bridgehead atoms. The second-order valence-electron chi connectivity index (χ2n) is 10.1. The van der Waals surface area contributed by atoms with E-state index in [0.717, 1.165) is 44.7 Å². The lowest BCUT2D eigenvalue weighted by Gasteiger charge is -2.32. The van der Waals surface area contributed by atoms with Crippen molar-refractivity contribution in [3.05, 3.63) is 51.4 Å². The van der Waals surface area contributed by atoms with Crippen LogP contribution < -0.4 is 20.7 Å². The first kappa shape index (κ1) is 31.6. The Morgan fingerprint density at radius 1 is 0.951 bits per heavy atom. The number of piperidine rings is 1. The summed E-state index contributed by atoms with van der Waals surface area (Å²) in [4.78, 5) is 16.3. The summed E-state index contributed by atoms with van der Waals surface area (Å²) >= 11 is 1.92. The van der Waals surface area contributed by atoms with Gasteiger partial charge in [0, 0.05) is 55.4 Å². The molecule has 2 fully saturated rings. The van der Waals surface area contributed by atoms with Crippen LogP contribution >= 0.6 is 22.6 Å². The predicted molar refractivity (Wildman–Crippen MR) is 161 cm³/mol. The third-order valence-corrected chi connectivity index (χ3v) is 9.37. The zero-order chi connectivity index (χ0) is 29.6. The van der Waals surface area contributed by atoms with Gasteiger partial charge in [-0.3, -0.25) is 4.72 Å². The molecule has 2 aromatic rings. The van der Waals surface area contributed by atoms with Crippen molar-refractivity contribution >= 4 is 55.9 Å². The van der Waals surface area contributed by atoms with E-state index in [1.165, 1.54) is 16.4 Å². The molecule has 15 heteroatoms. The number of piperazine rings is 1. The highest BCUT2D eigenvalue weighted by Gasteiger charge is 2.29. The van der Waals surface area contributed by atoms with Gasteiger partial charge >= 0.3 is 16.2 Å². The zero-order valence-corrected chi connectivity index (χ0v) is 25.7. The van der Waals surface area contributed by atoms with Crippen LogP contribution in [0.1, 0.15) is 19.3 Å². The molecule has 2 heterocycles. The molecule has 2 aromatic carbocycles. The van der Waals surface area contributed by atoms with Crippen LogP contribution in [0, 0.1) is 21.0 Å². The van der Waals surface area contributed by atoms with E-state index in [1.807, 2.05) is 34.5 Å². The molecule has 0 aromatic heterocycles. The average Bonchev–Trinajstić information content (AvgIpc) is 2.94. The van der Waals surface area contributed by atoms with Crippen molar-refractivity contribution in [3.8, 4) is 0 Å². The SMILES string of the molecule is CN1CCN(C(=O)NCCCNC2CCN(S(=O)(=O)Nc3ccc(F)c(F)c3Nc3ccc(I)cc3F)CC2)CC1. The van der Waals surface area contributed by atoms with Gasteiger partial charge in [0.25, 0.3) is 0 Å². The average molecular weight is 710 g/mol. The molecule has 0 saturated carbocycles. The minimum Gasteiger partial charge on any atom is -0.349 e. The van der Waals surface area contributed by atoms with Crippen LogP contribution in [0.25, 0.3) is 0 Å². The lowest BCUT2D eigenvalue weighted by molar-refractivity contribution is 0.154. The first-order valence-electron chi connectivity index (χ1n) is 13.5. The van der Waals surface area contributed by atoms with Gasteiger partial charge in [-0.25, -0.2) is 18.0 Å². The number of urea groups is 1. The summed E-state index contributed by atoms with van der Waals surface area (Å²) in [6.07, 6.45) is 1.86. The summed E-state index contributed by atoms with van der Waals surface area (Å²) < 4.78 is 73.5. The van der Waals surface area contributed by atoms with E-state index in [0.29, 0.717) is 29.5 Å². The number of hydrogen-bond donors (Lipinski definition) is 4. The molecule has 0 radical (unpaired) electrons. The number of nitrogens with one attached hydrogen (secondary N) is 4. The van der Waals surface area contributed by atoms with Gasteiger partial charge in [0.05, 0.1) is 11.4 Å². The Bertz CT molecular complexity index is 1320. The number of rotatable bonds is 10. The lowest BCUT2D eigenvalue weighted by Crippen LogP contribution is -2.51. The molecule has 0 spiro atoms. The number of nitrogens with zero attached hydrogens (tertiary/aromatic N) is 3. The van der Waals surface area contributed by atoms with E-state index >= 15 is 0 Å². The first-order valence-corrected chi connectivity index (χ1v) is 16.0. The maximum Gasteiger partial charge on any atom is 0.317 e. The van der Waals surface area contributed by atoms with Crippen LogP contribution in [0.4, 0.5) is 35.0 Å². The van der Waals surface area contributed by atoms with Gasteiger partial charge < -0.3 is 25.8 Å². The molecule has 2 aliphatic rings. The van der Waals surface area contributed by atoms with Crippen LogP contribution in [-0.2, 0) is 10.2 Å². The van der Waals surface area contributed by atoms with Crippen LogP contribution in [0.3, 0.4) is 0 Å². The number of carbonyl (C=O) groups is 1. The summed E-state index contributed by atoms with van der Waals surface area (Å²) in [5.41, 5.74) is -0.869. The van der Waals surface area contributed by atoms with Gasteiger partial charge in [0.1, 0.15) is 11.5 Å². The van der Waals surface area contributed by atoms with Gasteiger partial charge in [-0.15, -0.1) is 0 Å². The number of halogens is 4. The quantitative estimate of drug-likeness (QED) is 0.222. The van der Waals surface area contributed by atoms with Gasteiger partial charge in [-0.2, -0.15) is 12.7 Å². The Morgan fingerprint density at radius 2 is 1.63 bits per heavy atom. The van der Waals surface area contributed by atoms with E-state index in [9.17, 15) is 26.4 Å². The van der Waals surface area contributed by atoms with Crippen LogP contribution in [0.2, 0.25) is 0 Å². The monoisotopic (exact) mass is 709 g/mol. The van der Waals surface area contributed by atoms with Gasteiger partial charge in [-0.05, 0) is 85.8 Å². The van der Waals surface area contributed by atoms with Gasteiger partial charge in [0.2, 0.25) is 0 Å². The fraction of sp³-hybridized carbons (Fsp3) is 0.500. The van der Waals surface area contributed by atoms with E-state index in [1.54, 1.807) is 6.07 Å². The van der Waals surface area contributed by atoms with Crippen molar-refractivity contribution in [2.24, 2.45) is 0 Å². The Kier molecular flexibility index (Phi) is 11.0. The second kappa shape index (κ2) is 14.2. The minimum atomic E-state index is -4.10. The topological polar surface area (TPSA) is 109 Å². The summed E-state index contributed by atoms with van der Waals surface area (Å²) in [5, 5.41) is 8.85. The summed E-state index contributed by atoms with van der Waals surface area (Å²) in [5.74, 6) is -3.22. The summed E-state index contributed by atoms with van der Waals surface area (Å²) in [6, 6.07) is 6.12. The normalized spacial score (nSPS) is 17.4. The van der Waals surface area contributed by atoms with E-state index < -0.39 is 33.3 Å². The maximum atomic E-state index is 14.7. The number of hydrogen-bond acceptors (Lipinski definition) is 6. The van der Waals surface area contributed by atoms with Crippen LogP contribution in [0.5, 0.6) is 0 Å². The largest absolute Gasteiger partial charge is 0.349 e.